The molecule has 0 spiro atoms. The number of thioether (sulfide) groups is 1. The lowest BCUT2D eigenvalue weighted by Gasteiger charge is -2.35. The normalized spacial score (nSPS) is 22.4. The Morgan fingerprint density at radius 3 is 2.88 bits per heavy atom. The van der Waals surface area contributed by atoms with Gasteiger partial charge in [-0.05, 0) is 37.5 Å². The van der Waals surface area contributed by atoms with Crippen molar-refractivity contribution >= 4 is 23.6 Å². The van der Waals surface area contributed by atoms with Crippen molar-refractivity contribution in [1.82, 2.24) is 4.90 Å². The predicted octanol–water partition coefficient (Wildman–Crippen LogP) is 3.53. The van der Waals surface area contributed by atoms with Crippen LogP contribution in [0.25, 0.3) is 0 Å². The van der Waals surface area contributed by atoms with Crippen LogP contribution in [0.1, 0.15) is 58.3 Å². The van der Waals surface area contributed by atoms with Crippen molar-refractivity contribution < 1.29 is 19.1 Å². The van der Waals surface area contributed by atoms with Crippen molar-refractivity contribution in [3.05, 3.63) is 11.8 Å². The molecule has 0 aromatic rings. The van der Waals surface area contributed by atoms with Crippen LogP contribution in [0.2, 0.25) is 0 Å². The number of rotatable bonds is 12. The lowest BCUT2D eigenvalue weighted by Crippen LogP contribution is -2.40. The van der Waals surface area contributed by atoms with E-state index >= 15 is 0 Å². The van der Waals surface area contributed by atoms with Crippen molar-refractivity contribution in [3.63, 3.8) is 0 Å². The topological polar surface area (TPSA) is 55.8 Å². The summed E-state index contributed by atoms with van der Waals surface area (Å²) in [5, 5.41) is 0. The van der Waals surface area contributed by atoms with E-state index in [1.165, 1.54) is 26.4 Å². The van der Waals surface area contributed by atoms with Gasteiger partial charge in [-0.25, -0.2) is 0 Å². The zero-order valence-corrected chi connectivity index (χ0v) is 16.3. The zero-order valence-electron chi connectivity index (χ0n) is 15.5. The van der Waals surface area contributed by atoms with E-state index in [9.17, 15) is 9.59 Å². The third-order valence-electron chi connectivity index (χ3n) is 4.76. The molecule has 2 aliphatic heterocycles. The van der Waals surface area contributed by atoms with E-state index in [1.807, 2.05) is 4.90 Å². The van der Waals surface area contributed by atoms with Gasteiger partial charge in [0.15, 0.2) is 0 Å². The van der Waals surface area contributed by atoms with Gasteiger partial charge in [0, 0.05) is 25.1 Å². The highest BCUT2D eigenvalue weighted by Gasteiger charge is 2.38. The summed E-state index contributed by atoms with van der Waals surface area (Å²) in [5.74, 6) is 2.90. The molecule has 2 atom stereocenters. The summed E-state index contributed by atoms with van der Waals surface area (Å²) in [7, 11) is 1.42. The molecule has 2 rings (SSSR count). The van der Waals surface area contributed by atoms with E-state index in [0.29, 0.717) is 12.8 Å². The van der Waals surface area contributed by atoms with Gasteiger partial charge in [0.25, 0.3) is 0 Å². The molecule has 1 fully saturated rings. The monoisotopic (exact) mass is 369 g/mol. The number of hydrogen-bond donors (Lipinski definition) is 0. The Kier molecular flexibility index (Phi) is 8.65. The standard InChI is InChI=1S/C19H31NO4S/c1-3-4-5-7-15-14-17(24-15)16-9-10-18(21)20(16)11-13-25-12-6-8-19(22)23-2/h14-16H,3-13H2,1-2H3/t15?,16-/m1/s1. The number of nitrogens with zero attached hydrogens (tertiary/aromatic N) is 1. The number of hydrogen-bond acceptors (Lipinski definition) is 5. The Bertz CT molecular complexity index is 480. The number of carbonyl (C=O) groups excluding carboxylic acids is 2. The quantitative estimate of drug-likeness (QED) is 0.389. The Morgan fingerprint density at radius 2 is 2.16 bits per heavy atom. The van der Waals surface area contributed by atoms with Gasteiger partial charge in [-0.1, -0.05) is 19.8 Å². The molecule has 5 nitrogen and oxygen atoms in total. The first-order valence-corrected chi connectivity index (χ1v) is 10.6. The lowest BCUT2D eigenvalue weighted by atomic mass is 10.0. The van der Waals surface area contributed by atoms with Gasteiger partial charge in [-0.3, -0.25) is 9.59 Å². The Labute approximate surface area is 155 Å². The molecule has 6 heteroatoms. The largest absolute Gasteiger partial charge is 0.489 e. The third kappa shape index (κ3) is 6.24. The first-order valence-electron chi connectivity index (χ1n) is 9.48. The van der Waals surface area contributed by atoms with Gasteiger partial charge >= 0.3 is 5.97 Å². The van der Waals surface area contributed by atoms with Crippen LogP contribution in [-0.4, -0.2) is 54.1 Å². The SMILES string of the molecule is CCCCCC1C=C([C@H]2CCC(=O)N2CCSCCCC(=O)OC)O1. The summed E-state index contributed by atoms with van der Waals surface area (Å²) in [5.41, 5.74) is 0. The maximum absolute atomic E-state index is 12.1. The number of esters is 1. The summed E-state index contributed by atoms with van der Waals surface area (Å²) >= 11 is 1.79. The fourth-order valence-corrected chi connectivity index (χ4v) is 4.16. The summed E-state index contributed by atoms with van der Waals surface area (Å²) in [6.07, 6.45) is 10.0. The van der Waals surface area contributed by atoms with E-state index < -0.39 is 0 Å². The highest BCUT2D eigenvalue weighted by molar-refractivity contribution is 7.99. The lowest BCUT2D eigenvalue weighted by molar-refractivity contribution is -0.140. The molecule has 0 aliphatic carbocycles. The maximum Gasteiger partial charge on any atom is 0.305 e. The van der Waals surface area contributed by atoms with Gasteiger partial charge in [0.1, 0.15) is 11.9 Å². The van der Waals surface area contributed by atoms with E-state index in [2.05, 4.69) is 17.7 Å². The summed E-state index contributed by atoms with van der Waals surface area (Å²) in [4.78, 5) is 25.2. The van der Waals surface area contributed by atoms with Crippen LogP contribution in [0.4, 0.5) is 0 Å². The molecule has 1 unspecified atom stereocenters. The van der Waals surface area contributed by atoms with Crippen molar-refractivity contribution in [2.75, 3.05) is 25.2 Å². The fourth-order valence-electron chi connectivity index (χ4n) is 3.28. The van der Waals surface area contributed by atoms with E-state index in [0.717, 1.165) is 43.1 Å². The number of carbonyl (C=O) groups is 2. The van der Waals surface area contributed by atoms with Crippen molar-refractivity contribution in [2.45, 2.75) is 70.4 Å². The predicted molar refractivity (Wildman–Crippen MR) is 100 cm³/mol. The molecule has 2 heterocycles. The first kappa shape index (κ1) is 20.1. The van der Waals surface area contributed by atoms with Crippen LogP contribution in [0.15, 0.2) is 11.8 Å². The molecule has 25 heavy (non-hydrogen) atoms. The van der Waals surface area contributed by atoms with Crippen LogP contribution < -0.4 is 0 Å². The smallest absolute Gasteiger partial charge is 0.305 e. The van der Waals surface area contributed by atoms with Crippen LogP contribution in [-0.2, 0) is 19.1 Å². The van der Waals surface area contributed by atoms with Gasteiger partial charge in [-0.15, -0.1) is 0 Å². The van der Waals surface area contributed by atoms with Crippen LogP contribution in [0.5, 0.6) is 0 Å². The number of methoxy groups -OCH3 is 1. The molecular formula is C19H31NO4S. The van der Waals surface area contributed by atoms with Crippen molar-refractivity contribution in [2.24, 2.45) is 0 Å². The molecule has 142 valence electrons. The molecule has 0 aromatic carbocycles. The first-order chi connectivity index (χ1) is 12.2. The number of ether oxygens (including phenoxy) is 2. The fraction of sp³-hybridized carbons (Fsp3) is 0.789. The summed E-state index contributed by atoms with van der Waals surface area (Å²) in [6, 6.07) is 0.144. The summed E-state index contributed by atoms with van der Waals surface area (Å²) < 4.78 is 10.6. The second kappa shape index (κ2) is 10.7. The molecule has 2 aliphatic rings. The van der Waals surface area contributed by atoms with Crippen molar-refractivity contribution in [1.29, 1.82) is 0 Å². The Balaban J connectivity index is 1.66. The maximum atomic E-state index is 12.1. The molecule has 1 amide bonds. The Hall–Kier alpha value is -1.17. The highest BCUT2D eigenvalue weighted by Crippen LogP contribution is 2.33. The van der Waals surface area contributed by atoms with Gasteiger partial charge < -0.3 is 14.4 Å². The van der Waals surface area contributed by atoms with Crippen LogP contribution >= 0.6 is 11.8 Å². The minimum absolute atomic E-state index is 0.144. The average Bonchev–Trinajstić information content (AvgIpc) is 2.93. The van der Waals surface area contributed by atoms with Crippen LogP contribution in [0, 0.1) is 0 Å². The molecule has 0 aromatic heterocycles. The van der Waals surface area contributed by atoms with E-state index in [-0.39, 0.29) is 24.0 Å². The molecule has 0 N–H and O–H groups in total. The minimum atomic E-state index is -0.155. The molecule has 0 saturated carbocycles. The minimum Gasteiger partial charge on any atom is -0.489 e. The van der Waals surface area contributed by atoms with Gasteiger partial charge in [0.2, 0.25) is 5.91 Å². The average molecular weight is 370 g/mol. The number of amides is 1. The second-order valence-electron chi connectivity index (χ2n) is 6.65. The molecular weight excluding hydrogens is 338 g/mol. The summed E-state index contributed by atoms with van der Waals surface area (Å²) in [6.45, 7) is 2.96. The Morgan fingerprint density at radius 1 is 1.36 bits per heavy atom. The highest BCUT2D eigenvalue weighted by atomic mass is 32.2. The number of likely N-dealkylation sites (tertiary alicyclic amines) is 1. The number of unbranched alkanes of at least 4 members (excludes halogenated alkanes) is 2. The zero-order chi connectivity index (χ0) is 18.1. The van der Waals surface area contributed by atoms with Crippen LogP contribution in [0.3, 0.4) is 0 Å². The van der Waals surface area contributed by atoms with Gasteiger partial charge in [0.05, 0.1) is 13.2 Å². The van der Waals surface area contributed by atoms with E-state index in [4.69, 9.17) is 4.74 Å². The van der Waals surface area contributed by atoms with E-state index in [1.54, 1.807) is 11.8 Å². The van der Waals surface area contributed by atoms with Gasteiger partial charge in [-0.2, -0.15) is 11.8 Å². The van der Waals surface area contributed by atoms with Crippen molar-refractivity contribution in [3.8, 4) is 0 Å². The third-order valence-corrected chi connectivity index (χ3v) is 5.81. The molecule has 1 saturated heterocycles. The molecule has 0 bridgehead atoms. The second-order valence-corrected chi connectivity index (χ2v) is 7.88. The molecule has 0 radical (unpaired) electrons.